The molecule has 2 aromatic carbocycles. The number of ether oxygens (including phenoxy) is 1. The highest BCUT2D eigenvalue weighted by Crippen LogP contribution is 2.29. The predicted molar refractivity (Wildman–Crippen MR) is 88.9 cm³/mol. The summed E-state index contributed by atoms with van der Waals surface area (Å²) in [6, 6.07) is 17.6. The summed E-state index contributed by atoms with van der Waals surface area (Å²) in [5, 5.41) is 3.97. The molecule has 4 nitrogen and oxygen atoms in total. The summed E-state index contributed by atoms with van der Waals surface area (Å²) in [6.45, 7) is 3.79. The van der Waals surface area contributed by atoms with Crippen molar-refractivity contribution in [2.45, 2.75) is 20.3 Å². The highest BCUT2D eigenvalue weighted by atomic mass is 16.5. The topological polar surface area (TPSA) is 50.7 Å². The van der Waals surface area contributed by atoms with Gasteiger partial charge < -0.3 is 4.74 Å². The van der Waals surface area contributed by atoms with E-state index in [0.29, 0.717) is 5.75 Å². The summed E-state index contributed by atoms with van der Waals surface area (Å²) >= 11 is 0. The number of rotatable bonds is 6. The molecule has 0 radical (unpaired) electrons. The average Bonchev–Trinajstić information content (AvgIpc) is 2.58. The van der Waals surface area contributed by atoms with Gasteiger partial charge in [-0.1, -0.05) is 55.5 Å². The van der Waals surface area contributed by atoms with Gasteiger partial charge in [0.05, 0.1) is 0 Å². The Balaban J connectivity index is 2.04. The van der Waals surface area contributed by atoms with Crippen molar-refractivity contribution < 1.29 is 9.53 Å². The maximum absolute atomic E-state index is 11.7. The Bertz CT molecular complexity index is 651. The van der Waals surface area contributed by atoms with Crippen molar-refractivity contribution in [3.8, 4) is 16.9 Å². The Kier molecular flexibility index (Phi) is 5.72. The van der Waals surface area contributed by atoms with E-state index in [9.17, 15) is 4.79 Å². The number of carbonyl (C=O) groups excluding carboxylic acids is 1. The predicted octanol–water partition coefficient (Wildman–Crippen LogP) is 3.63. The summed E-state index contributed by atoms with van der Waals surface area (Å²) in [4.78, 5) is 11.7. The molecule has 2 rings (SSSR count). The van der Waals surface area contributed by atoms with Gasteiger partial charge in [-0.25, -0.2) is 5.43 Å². The third kappa shape index (κ3) is 4.45. The van der Waals surface area contributed by atoms with Crippen LogP contribution in [0.2, 0.25) is 0 Å². The molecule has 4 heteroatoms. The summed E-state index contributed by atoms with van der Waals surface area (Å²) in [5.41, 5.74) is 5.38. The van der Waals surface area contributed by atoms with E-state index in [2.05, 4.69) is 10.5 Å². The van der Waals surface area contributed by atoms with Crippen LogP contribution in [-0.2, 0) is 4.79 Å². The zero-order chi connectivity index (χ0) is 15.8. The summed E-state index contributed by atoms with van der Waals surface area (Å²) < 4.78 is 5.64. The van der Waals surface area contributed by atoms with E-state index in [1.807, 2.05) is 68.4 Å². The zero-order valence-electron chi connectivity index (χ0n) is 12.9. The second-order valence-electron chi connectivity index (χ2n) is 4.89. The Hall–Kier alpha value is -2.62. The van der Waals surface area contributed by atoms with Crippen molar-refractivity contribution in [3.63, 3.8) is 0 Å². The quantitative estimate of drug-likeness (QED) is 0.653. The van der Waals surface area contributed by atoms with E-state index < -0.39 is 0 Å². The van der Waals surface area contributed by atoms with Gasteiger partial charge in [-0.15, -0.1) is 0 Å². The lowest BCUT2D eigenvalue weighted by atomic mass is 10.1. The van der Waals surface area contributed by atoms with Crippen LogP contribution in [-0.4, -0.2) is 18.2 Å². The van der Waals surface area contributed by atoms with Gasteiger partial charge in [0.2, 0.25) is 0 Å². The molecule has 22 heavy (non-hydrogen) atoms. The molecular weight excluding hydrogens is 276 g/mol. The van der Waals surface area contributed by atoms with Gasteiger partial charge in [0.1, 0.15) is 5.75 Å². The fraction of sp³-hybridized carbons (Fsp3) is 0.222. The van der Waals surface area contributed by atoms with Crippen LogP contribution in [0.1, 0.15) is 20.3 Å². The van der Waals surface area contributed by atoms with Crippen molar-refractivity contribution in [1.82, 2.24) is 5.43 Å². The summed E-state index contributed by atoms with van der Waals surface area (Å²) in [5.74, 6) is 0.413. The van der Waals surface area contributed by atoms with Crippen molar-refractivity contribution in [2.24, 2.45) is 5.10 Å². The highest BCUT2D eigenvalue weighted by molar-refractivity contribution is 5.84. The average molecular weight is 296 g/mol. The van der Waals surface area contributed by atoms with E-state index >= 15 is 0 Å². The first-order chi connectivity index (χ1) is 10.7. The Morgan fingerprint density at radius 1 is 1.09 bits per heavy atom. The fourth-order valence-corrected chi connectivity index (χ4v) is 1.86. The molecule has 0 aliphatic carbocycles. The van der Waals surface area contributed by atoms with E-state index in [1.54, 1.807) is 0 Å². The monoisotopic (exact) mass is 296 g/mol. The summed E-state index contributed by atoms with van der Waals surface area (Å²) in [7, 11) is 0. The molecule has 0 spiro atoms. The lowest BCUT2D eigenvalue weighted by Gasteiger charge is -2.11. The van der Waals surface area contributed by atoms with Crippen LogP contribution in [0.15, 0.2) is 59.7 Å². The first-order valence-corrected chi connectivity index (χ1v) is 7.30. The highest BCUT2D eigenvalue weighted by Gasteiger charge is 2.07. The molecule has 1 amide bonds. The molecular formula is C18H20N2O2. The van der Waals surface area contributed by atoms with Gasteiger partial charge in [0, 0.05) is 11.3 Å². The van der Waals surface area contributed by atoms with E-state index in [1.165, 1.54) is 0 Å². The van der Waals surface area contributed by atoms with Crippen LogP contribution in [0, 0.1) is 0 Å². The van der Waals surface area contributed by atoms with Crippen molar-refractivity contribution in [1.29, 1.82) is 0 Å². The van der Waals surface area contributed by atoms with Gasteiger partial charge in [0.25, 0.3) is 5.91 Å². The molecule has 0 bridgehead atoms. The van der Waals surface area contributed by atoms with Crippen molar-refractivity contribution in [2.75, 3.05) is 6.61 Å². The second kappa shape index (κ2) is 7.98. The largest absolute Gasteiger partial charge is 0.483 e. The number of hydrazone groups is 1. The molecule has 0 saturated heterocycles. The molecule has 0 fully saturated rings. The van der Waals surface area contributed by atoms with Gasteiger partial charge in [-0.2, -0.15) is 5.10 Å². The molecule has 0 atom stereocenters. The molecule has 0 aliphatic heterocycles. The van der Waals surface area contributed by atoms with E-state index in [4.69, 9.17) is 4.74 Å². The first-order valence-electron chi connectivity index (χ1n) is 7.30. The first kappa shape index (κ1) is 15.8. The number of nitrogens with zero attached hydrogens (tertiary/aromatic N) is 1. The molecule has 114 valence electrons. The number of hydrogen-bond acceptors (Lipinski definition) is 3. The number of benzene rings is 2. The minimum absolute atomic E-state index is 0.0651. The lowest BCUT2D eigenvalue weighted by Crippen LogP contribution is -2.25. The number of carbonyl (C=O) groups is 1. The Morgan fingerprint density at radius 2 is 1.77 bits per heavy atom. The van der Waals surface area contributed by atoms with Crippen LogP contribution in [0.5, 0.6) is 5.75 Å². The number of nitrogens with one attached hydrogen (secondary N) is 1. The third-order valence-corrected chi connectivity index (χ3v) is 3.21. The normalized spacial score (nSPS) is 11.1. The third-order valence-electron chi connectivity index (χ3n) is 3.21. The van der Waals surface area contributed by atoms with Gasteiger partial charge in [-0.05, 0) is 25.0 Å². The molecule has 0 saturated carbocycles. The molecule has 2 aromatic rings. The SMILES string of the molecule is CC/C(C)=N/NC(=O)COc1ccccc1-c1ccccc1. The van der Waals surface area contributed by atoms with Crippen LogP contribution in [0.4, 0.5) is 0 Å². The molecule has 0 unspecified atom stereocenters. The van der Waals surface area contributed by atoms with Gasteiger partial charge in [0.15, 0.2) is 6.61 Å². The maximum Gasteiger partial charge on any atom is 0.277 e. The van der Waals surface area contributed by atoms with Gasteiger partial charge in [-0.3, -0.25) is 4.79 Å². The van der Waals surface area contributed by atoms with Crippen molar-refractivity contribution >= 4 is 11.6 Å². The number of hydrogen-bond donors (Lipinski definition) is 1. The minimum Gasteiger partial charge on any atom is -0.483 e. The Morgan fingerprint density at radius 3 is 2.50 bits per heavy atom. The second-order valence-corrected chi connectivity index (χ2v) is 4.89. The smallest absolute Gasteiger partial charge is 0.277 e. The summed E-state index contributed by atoms with van der Waals surface area (Å²) in [6.07, 6.45) is 0.804. The molecule has 0 heterocycles. The van der Waals surface area contributed by atoms with Crippen molar-refractivity contribution in [3.05, 3.63) is 54.6 Å². The van der Waals surface area contributed by atoms with Crippen LogP contribution in [0.25, 0.3) is 11.1 Å². The molecule has 0 aromatic heterocycles. The Labute approximate surface area is 130 Å². The minimum atomic E-state index is -0.268. The van der Waals surface area contributed by atoms with Crippen LogP contribution < -0.4 is 10.2 Å². The number of amides is 1. The van der Waals surface area contributed by atoms with Gasteiger partial charge >= 0.3 is 0 Å². The fourth-order valence-electron chi connectivity index (χ4n) is 1.86. The number of para-hydroxylation sites is 1. The van der Waals surface area contributed by atoms with Crippen LogP contribution in [0.3, 0.4) is 0 Å². The van der Waals surface area contributed by atoms with Crippen LogP contribution >= 0.6 is 0 Å². The zero-order valence-corrected chi connectivity index (χ0v) is 12.9. The molecule has 0 aliphatic rings. The lowest BCUT2D eigenvalue weighted by molar-refractivity contribution is -0.123. The molecule has 1 N–H and O–H groups in total. The standard InChI is InChI=1S/C18H20N2O2/c1-3-14(2)19-20-18(21)13-22-17-12-8-7-11-16(17)15-9-5-4-6-10-15/h4-12H,3,13H2,1-2H3,(H,20,21)/b19-14+. The van der Waals surface area contributed by atoms with E-state index in [0.717, 1.165) is 23.3 Å². The van der Waals surface area contributed by atoms with E-state index in [-0.39, 0.29) is 12.5 Å². The maximum atomic E-state index is 11.7.